The van der Waals surface area contributed by atoms with Crippen molar-refractivity contribution in [3.63, 3.8) is 0 Å². The number of aromatic nitrogens is 4. The van der Waals surface area contributed by atoms with E-state index in [1.54, 1.807) is 24.9 Å². The maximum absolute atomic E-state index is 6.75. The molecule has 0 radical (unpaired) electrons. The normalized spacial score (nSPS) is 12.8. The molecule has 0 aliphatic carbocycles. The van der Waals surface area contributed by atoms with Gasteiger partial charge in [0.15, 0.2) is 19.8 Å². The Bertz CT molecular complexity index is 1440. The van der Waals surface area contributed by atoms with E-state index in [1.165, 1.54) is 0 Å². The molecule has 2 aromatic carbocycles. The van der Waals surface area contributed by atoms with Crippen molar-refractivity contribution in [2.45, 2.75) is 84.3 Å². The van der Waals surface area contributed by atoms with Crippen molar-refractivity contribution >= 4 is 35.7 Å². The Morgan fingerprint density at radius 2 is 1.48 bits per heavy atom. The molecule has 0 spiro atoms. The standard InChI is InChI=1S/C33H46BrN5O4Si/c1-9-10-28(43-44(7,8)33(2,3)4)19-20-42-32-36-31(30-35-21-29(34)39(30)37-32)38(22-24-11-15-26(40-5)16-12-24)23-25-13-17-27(41-6)18-14-25/h11-18,21,28H,9-10,19-20,22-23H2,1-8H3. The highest BCUT2D eigenvalue weighted by atomic mass is 79.9. The van der Waals surface area contributed by atoms with Crippen molar-refractivity contribution in [3.05, 3.63) is 70.5 Å². The number of ether oxygens (including phenoxy) is 3. The molecule has 4 aromatic rings. The molecule has 44 heavy (non-hydrogen) atoms. The monoisotopic (exact) mass is 683 g/mol. The highest BCUT2D eigenvalue weighted by Gasteiger charge is 2.39. The lowest BCUT2D eigenvalue weighted by molar-refractivity contribution is 0.133. The zero-order valence-corrected chi connectivity index (χ0v) is 29.8. The molecule has 0 saturated heterocycles. The first kappa shape index (κ1) is 33.7. The lowest BCUT2D eigenvalue weighted by Crippen LogP contribution is -2.44. The molecule has 1 atom stereocenters. The lowest BCUT2D eigenvalue weighted by Gasteiger charge is -2.39. The number of anilines is 1. The van der Waals surface area contributed by atoms with Crippen molar-refractivity contribution in [1.82, 2.24) is 19.6 Å². The van der Waals surface area contributed by atoms with Crippen LogP contribution in [0.25, 0.3) is 5.65 Å². The second-order valence-corrected chi connectivity index (χ2v) is 18.1. The number of benzene rings is 2. The highest BCUT2D eigenvalue weighted by molar-refractivity contribution is 9.10. The van der Waals surface area contributed by atoms with Gasteiger partial charge in [-0.25, -0.2) is 4.98 Å². The van der Waals surface area contributed by atoms with Crippen LogP contribution in [-0.2, 0) is 17.5 Å². The van der Waals surface area contributed by atoms with E-state index >= 15 is 0 Å². The summed E-state index contributed by atoms with van der Waals surface area (Å²) >= 11 is 3.61. The van der Waals surface area contributed by atoms with Crippen LogP contribution in [0.5, 0.6) is 17.5 Å². The number of imidazole rings is 1. The maximum atomic E-state index is 6.75. The molecule has 0 amide bonds. The van der Waals surface area contributed by atoms with Crippen LogP contribution in [0, 0.1) is 0 Å². The predicted octanol–water partition coefficient (Wildman–Crippen LogP) is 8.07. The first-order valence-corrected chi connectivity index (χ1v) is 18.9. The third kappa shape index (κ3) is 8.51. The van der Waals surface area contributed by atoms with Crippen LogP contribution >= 0.6 is 15.9 Å². The van der Waals surface area contributed by atoms with E-state index < -0.39 is 8.32 Å². The van der Waals surface area contributed by atoms with Gasteiger partial charge in [0.05, 0.1) is 27.0 Å². The van der Waals surface area contributed by atoms with Crippen molar-refractivity contribution in [1.29, 1.82) is 0 Å². The number of nitrogens with zero attached hydrogens (tertiary/aromatic N) is 5. The number of rotatable bonds is 15. The second kappa shape index (κ2) is 14.8. The number of hydrogen-bond donors (Lipinski definition) is 0. The van der Waals surface area contributed by atoms with Crippen LogP contribution in [0.15, 0.2) is 59.3 Å². The molecule has 0 aliphatic heterocycles. The Morgan fingerprint density at radius 1 is 0.909 bits per heavy atom. The molecule has 0 N–H and O–H groups in total. The van der Waals surface area contributed by atoms with Gasteiger partial charge in [0.25, 0.3) is 0 Å². The summed E-state index contributed by atoms with van der Waals surface area (Å²) in [7, 11) is 1.43. The summed E-state index contributed by atoms with van der Waals surface area (Å²) in [6.07, 6.45) is 4.68. The lowest BCUT2D eigenvalue weighted by atomic mass is 10.1. The van der Waals surface area contributed by atoms with Crippen molar-refractivity contribution in [2.75, 3.05) is 25.7 Å². The molecule has 0 fully saturated rings. The van der Waals surface area contributed by atoms with Gasteiger partial charge in [-0.2, -0.15) is 9.50 Å². The summed E-state index contributed by atoms with van der Waals surface area (Å²) in [6.45, 7) is 15.3. The van der Waals surface area contributed by atoms with Crippen molar-refractivity contribution in [3.8, 4) is 17.5 Å². The van der Waals surface area contributed by atoms with Gasteiger partial charge in [-0.05, 0) is 75.9 Å². The summed E-state index contributed by atoms with van der Waals surface area (Å²) in [5.74, 6) is 2.30. The zero-order valence-electron chi connectivity index (χ0n) is 27.3. The van der Waals surface area contributed by atoms with Gasteiger partial charge in [0.1, 0.15) is 16.1 Å². The average molecular weight is 685 g/mol. The van der Waals surface area contributed by atoms with Gasteiger partial charge >= 0.3 is 6.01 Å². The molecule has 9 nitrogen and oxygen atoms in total. The van der Waals surface area contributed by atoms with E-state index in [4.69, 9.17) is 23.6 Å². The van der Waals surface area contributed by atoms with Crippen LogP contribution in [0.3, 0.4) is 0 Å². The quantitative estimate of drug-likeness (QED) is 0.116. The zero-order chi connectivity index (χ0) is 31.9. The predicted molar refractivity (Wildman–Crippen MR) is 181 cm³/mol. The molecule has 4 rings (SSSR count). The minimum atomic E-state index is -1.91. The third-order valence-corrected chi connectivity index (χ3v) is 13.3. The van der Waals surface area contributed by atoms with Crippen LogP contribution in [0.1, 0.15) is 58.1 Å². The molecule has 1 unspecified atom stereocenters. The van der Waals surface area contributed by atoms with E-state index in [9.17, 15) is 0 Å². The smallest absolute Gasteiger partial charge is 0.336 e. The fraction of sp³-hybridized carbons (Fsp3) is 0.485. The van der Waals surface area contributed by atoms with Gasteiger partial charge in [0.2, 0.25) is 0 Å². The minimum Gasteiger partial charge on any atom is -0.497 e. The van der Waals surface area contributed by atoms with Gasteiger partial charge in [-0.1, -0.05) is 58.4 Å². The average Bonchev–Trinajstić information content (AvgIpc) is 3.36. The number of methoxy groups -OCH3 is 2. The first-order valence-electron chi connectivity index (χ1n) is 15.2. The number of halogens is 1. The van der Waals surface area contributed by atoms with Crippen molar-refractivity contribution < 1.29 is 18.6 Å². The van der Waals surface area contributed by atoms with E-state index in [2.05, 4.69) is 96.0 Å². The van der Waals surface area contributed by atoms with Crippen LogP contribution < -0.4 is 19.1 Å². The SMILES string of the molecule is CCCC(CCOc1nc(N(Cc2ccc(OC)cc2)Cc2ccc(OC)cc2)c2ncc(Br)n2n1)O[Si](C)(C)C(C)(C)C. The van der Waals surface area contributed by atoms with Crippen LogP contribution in [0.2, 0.25) is 18.1 Å². The molecule has 2 heterocycles. The van der Waals surface area contributed by atoms with E-state index in [1.807, 2.05) is 24.3 Å². The molecule has 11 heteroatoms. The van der Waals surface area contributed by atoms with Gasteiger partial charge in [0, 0.05) is 25.6 Å². The third-order valence-electron chi connectivity index (χ3n) is 8.20. The molecular formula is C33H46BrN5O4Si. The fourth-order valence-electron chi connectivity index (χ4n) is 4.66. The minimum absolute atomic E-state index is 0.130. The summed E-state index contributed by atoms with van der Waals surface area (Å²) in [5, 5.41) is 4.82. The highest BCUT2D eigenvalue weighted by Crippen LogP contribution is 2.38. The van der Waals surface area contributed by atoms with Crippen LogP contribution in [0.4, 0.5) is 5.82 Å². The largest absolute Gasteiger partial charge is 0.497 e. The molecule has 0 saturated carbocycles. The second-order valence-electron chi connectivity index (χ2n) is 12.5. The molecule has 2 aromatic heterocycles. The van der Waals surface area contributed by atoms with E-state index in [0.717, 1.165) is 46.5 Å². The topological polar surface area (TPSA) is 83.2 Å². The van der Waals surface area contributed by atoms with Gasteiger partial charge in [-0.15, -0.1) is 5.10 Å². The summed E-state index contributed by atoms with van der Waals surface area (Å²) in [4.78, 5) is 11.8. The summed E-state index contributed by atoms with van der Waals surface area (Å²) < 4.78 is 26.2. The Morgan fingerprint density at radius 3 is 1.98 bits per heavy atom. The van der Waals surface area contributed by atoms with Gasteiger partial charge < -0.3 is 23.5 Å². The fourth-order valence-corrected chi connectivity index (χ4v) is 6.43. The molecule has 0 bridgehead atoms. The van der Waals surface area contributed by atoms with Gasteiger partial charge in [-0.3, -0.25) is 0 Å². The summed E-state index contributed by atoms with van der Waals surface area (Å²) in [5.41, 5.74) is 2.85. The molecule has 0 aliphatic rings. The van der Waals surface area contributed by atoms with Crippen molar-refractivity contribution in [2.24, 2.45) is 0 Å². The number of hydrogen-bond acceptors (Lipinski definition) is 8. The Labute approximate surface area is 271 Å². The van der Waals surface area contributed by atoms with E-state index in [0.29, 0.717) is 37.2 Å². The molecular weight excluding hydrogens is 638 g/mol. The Kier molecular flexibility index (Phi) is 11.3. The Balaban J connectivity index is 1.63. The van der Waals surface area contributed by atoms with E-state index in [-0.39, 0.29) is 11.1 Å². The molecule has 238 valence electrons. The number of fused-ring (bicyclic) bond motifs is 1. The maximum Gasteiger partial charge on any atom is 0.336 e. The van der Waals surface area contributed by atoms with Crippen LogP contribution in [-0.4, -0.2) is 54.8 Å². The Hall–Kier alpha value is -3.15. The summed E-state index contributed by atoms with van der Waals surface area (Å²) in [6, 6.07) is 16.4. The first-order chi connectivity index (χ1) is 20.9.